The molecule has 0 spiro atoms. The Balaban J connectivity index is 1.93. The maximum absolute atomic E-state index is 11.4. The molecule has 94 valence electrons. The fourth-order valence-corrected chi connectivity index (χ4v) is 3.45. The van der Waals surface area contributed by atoms with E-state index >= 15 is 0 Å². The van der Waals surface area contributed by atoms with Crippen LogP contribution in [0.4, 0.5) is 0 Å². The summed E-state index contributed by atoms with van der Waals surface area (Å²) in [5.41, 5.74) is 0.974. The first-order valence-electron chi connectivity index (χ1n) is 5.36. The Bertz CT molecular complexity index is 587. The molecule has 0 unspecified atom stereocenters. The molecule has 0 aliphatic carbocycles. The lowest BCUT2D eigenvalue weighted by Crippen LogP contribution is -2.28. The topological polar surface area (TPSA) is 76.4 Å². The second kappa shape index (κ2) is 5.11. The van der Waals surface area contributed by atoms with E-state index in [0.717, 1.165) is 10.7 Å². The zero-order chi connectivity index (χ0) is 12.3. The molecule has 0 atom stereocenters. The standard InChI is InChI=1S/C9H14N4O2S2/c1-2-5-17(14,15)12-4-3-8-6-16-9-10-7-11-13(8)9/h6-7,12H,2-5H2,1H3. The summed E-state index contributed by atoms with van der Waals surface area (Å²) in [6.07, 6.45) is 2.74. The van der Waals surface area contributed by atoms with E-state index in [2.05, 4.69) is 14.8 Å². The van der Waals surface area contributed by atoms with E-state index in [-0.39, 0.29) is 5.75 Å². The molecule has 0 amide bonds. The summed E-state index contributed by atoms with van der Waals surface area (Å²) in [6.45, 7) is 2.24. The summed E-state index contributed by atoms with van der Waals surface area (Å²) in [5.74, 6) is 0.176. The second-order valence-corrected chi connectivity index (χ2v) is 6.41. The van der Waals surface area contributed by atoms with Crippen molar-refractivity contribution in [3.8, 4) is 0 Å². The predicted molar refractivity (Wildman–Crippen MR) is 66.6 cm³/mol. The Labute approximate surface area is 104 Å². The largest absolute Gasteiger partial charge is 0.215 e. The molecule has 0 aliphatic rings. The molecule has 0 saturated carbocycles. The lowest BCUT2D eigenvalue weighted by atomic mass is 10.3. The third-order valence-corrected chi connectivity index (χ3v) is 4.73. The lowest BCUT2D eigenvalue weighted by molar-refractivity contribution is 0.579. The van der Waals surface area contributed by atoms with E-state index in [1.54, 1.807) is 4.52 Å². The highest BCUT2D eigenvalue weighted by Gasteiger charge is 2.09. The van der Waals surface area contributed by atoms with E-state index in [9.17, 15) is 8.42 Å². The van der Waals surface area contributed by atoms with Gasteiger partial charge in [0, 0.05) is 18.3 Å². The number of nitrogens with one attached hydrogen (secondary N) is 1. The summed E-state index contributed by atoms with van der Waals surface area (Å²) >= 11 is 1.50. The van der Waals surface area contributed by atoms with Gasteiger partial charge in [-0.3, -0.25) is 0 Å². The molecule has 0 aromatic carbocycles. The maximum Gasteiger partial charge on any atom is 0.212 e. The fourth-order valence-electron chi connectivity index (χ4n) is 1.52. The summed E-state index contributed by atoms with van der Waals surface area (Å²) in [7, 11) is -3.12. The van der Waals surface area contributed by atoms with Gasteiger partial charge < -0.3 is 0 Å². The van der Waals surface area contributed by atoms with E-state index in [1.165, 1.54) is 17.7 Å². The zero-order valence-electron chi connectivity index (χ0n) is 9.46. The van der Waals surface area contributed by atoms with Gasteiger partial charge in [0.25, 0.3) is 0 Å². The maximum atomic E-state index is 11.4. The minimum atomic E-state index is -3.12. The number of nitrogens with zero attached hydrogens (tertiary/aromatic N) is 3. The van der Waals surface area contributed by atoms with Gasteiger partial charge in [0.05, 0.1) is 11.4 Å². The van der Waals surface area contributed by atoms with Crippen molar-refractivity contribution in [3.63, 3.8) is 0 Å². The molecule has 1 N–H and O–H groups in total. The second-order valence-electron chi connectivity index (χ2n) is 3.64. The molecule has 6 nitrogen and oxygen atoms in total. The van der Waals surface area contributed by atoms with E-state index in [4.69, 9.17) is 0 Å². The van der Waals surface area contributed by atoms with Crippen LogP contribution >= 0.6 is 11.3 Å². The van der Waals surface area contributed by atoms with E-state index < -0.39 is 10.0 Å². The quantitative estimate of drug-likeness (QED) is 0.839. The third kappa shape index (κ3) is 3.02. The van der Waals surface area contributed by atoms with Crippen molar-refractivity contribution in [1.29, 1.82) is 0 Å². The van der Waals surface area contributed by atoms with Gasteiger partial charge in [-0.2, -0.15) is 5.10 Å². The van der Waals surface area contributed by atoms with Gasteiger partial charge in [0.2, 0.25) is 15.0 Å². The van der Waals surface area contributed by atoms with Crippen LogP contribution in [0.2, 0.25) is 0 Å². The highest BCUT2D eigenvalue weighted by Crippen LogP contribution is 2.12. The molecule has 2 aromatic rings. The van der Waals surface area contributed by atoms with Crippen molar-refractivity contribution >= 4 is 26.3 Å². The molecule has 0 saturated heterocycles. The van der Waals surface area contributed by atoms with Gasteiger partial charge in [-0.15, -0.1) is 11.3 Å². The molecular weight excluding hydrogens is 260 g/mol. The van der Waals surface area contributed by atoms with Crippen LogP contribution in [0.15, 0.2) is 11.7 Å². The summed E-state index contributed by atoms with van der Waals surface area (Å²) in [4.78, 5) is 4.89. The van der Waals surface area contributed by atoms with Gasteiger partial charge in [0.1, 0.15) is 6.33 Å². The first-order valence-corrected chi connectivity index (χ1v) is 7.89. The molecule has 2 rings (SSSR count). The van der Waals surface area contributed by atoms with Crippen LogP contribution in [0, 0.1) is 0 Å². The molecular formula is C9H14N4O2S2. The first-order chi connectivity index (χ1) is 8.12. The average Bonchev–Trinajstić information content (AvgIpc) is 2.81. The highest BCUT2D eigenvalue weighted by molar-refractivity contribution is 7.89. The van der Waals surface area contributed by atoms with Gasteiger partial charge in [-0.25, -0.2) is 22.6 Å². The predicted octanol–water partition coefficient (Wildman–Crippen LogP) is 0.663. The number of fused-ring (bicyclic) bond motifs is 1. The van der Waals surface area contributed by atoms with Crippen molar-refractivity contribution in [2.45, 2.75) is 19.8 Å². The highest BCUT2D eigenvalue weighted by atomic mass is 32.2. The Kier molecular flexibility index (Phi) is 3.75. The molecule has 0 bridgehead atoms. The van der Waals surface area contributed by atoms with Crippen LogP contribution in [0.25, 0.3) is 4.96 Å². The minimum Gasteiger partial charge on any atom is -0.215 e. The van der Waals surface area contributed by atoms with Gasteiger partial charge in [0.15, 0.2) is 0 Å². The SMILES string of the molecule is CCCS(=O)(=O)NCCc1csc2ncnn12. The van der Waals surface area contributed by atoms with E-state index in [1.807, 2.05) is 12.3 Å². The Morgan fingerprint density at radius 3 is 3.12 bits per heavy atom. The molecule has 0 aliphatic heterocycles. The van der Waals surface area contributed by atoms with Crippen molar-refractivity contribution in [1.82, 2.24) is 19.3 Å². The smallest absolute Gasteiger partial charge is 0.212 e. The molecule has 17 heavy (non-hydrogen) atoms. The number of thiazole rings is 1. The monoisotopic (exact) mass is 274 g/mol. The number of hydrogen-bond donors (Lipinski definition) is 1. The lowest BCUT2D eigenvalue weighted by Gasteiger charge is -2.04. The molecule has 8 heteroatoms. The van der Waals surface area contributed by atoms with Gasteiger partial charge >= 0.3 is 0 Å². The van der Waals surface area contributed by atoms with Crippen molar-refractivity contribution in [3.05, 3.63) is 17.4 Å². The van der Waals surface area contributed by atoms with Gasteiger partial charge in [-0.05, 0) is 6.42 Å². The van der Waals surface area contributed by atoms with Crippen LogP contribution in [-0.2, 0) is 16.4 Å². The van der Waals surface area contributed by atoms with E-state index in [0.29, 0.717) is 19.4 Å². The van der Waals surface area contributed by atoms with Crippen molar-refractivity contribution < 1.29 is 8.42 Å². The summed E-state index contributed by atoms with van der Waals surface area (Å²) in [6, 6.07) is 0. The molecule has 2 heterocycles. The normalized spacial score (nSPS) is 12.3. The van der Waals surface area contributed by atoms with Crippen LogP contribution in [0.1, 0.15) is 19.0 Å². The van der Waals surface area contributed by atoms with Crippen LogP contribution in [-0.4, -0.2) is 35.3 Å². The number of aromatic nitrogens is 3. The molecule has 0 fully saturated rings. The van der Waals surface area contributed by atoms with Crippen LogP contribution < -0.4 is 4.72 Å². The van der Waals surface area contributed by atoms with Crippen molar-refractivity contribution in [2.75, 3.05) is 12.3 Å². The molecule has 2 aromatic heterocycles. The number of rotatable bonds is 6. The minimum absolute atomic E-state index is 0.176. The van der Waals surface area contributed by atoms with Gasteiger partial charge in [-0.1, -0.05) is 6.92 Å². The Hall–Kier alpha value is -0.990. The number of hydrogen-bond acceptors (Lipinski definition) is 5. The molecule has 0 radical (unpaired) electrons. The average molecular weight is 274 g/mol. The third-order valence-electron chi connectivity index (χ3n) is 2.26. The Morgan fingerprint density at radius 1 is 1.53 bits per heavy atom. The fraction of sp³-hybridized carbons (Fsp3) is 0.556. The summed E-state index contributed by atoms with van der Waals surface area (Å²) in [5, 5.41) is 6.02. The summed E-state index contributed by atoms with van der Waals surface area (Å²) < 4.78 is 27.2. The van der Waals surface area contributed by atoms with Crippen LogP contribution in [0.5, 0.6) is 0 Å². The van der Waals surface area contributed by atoms with Crippen molar-refractivity contribution in [2.24, 2.45) is 0 Å². The first kappa shape index (κ1) is 12.5. The Morgan fingerprint density at radius 2 is 2.35 bits per heavy atom. The van der Waals surface area contributed by atoms with Crippen LogP contribution in [0.3, 0.4) is 0 Å². The number of sulfonamides is 1. The zero-order valence-corrected chi connectivity index (χ0v) is 11.1.